The van der Waals surface area contributed by atoms with Gasteiger partial charge in [0.05, 0.1) is 19.6 Å². The molecule has 2 aromatic rings. The lowest BCUT2D eigenvalue weighted by molar-refractivity contribution is 0.182. The van der Waals surface area contributed by atoms with Crippen molar-refractivity contribution in [2.75, 3.05) is 20.8 Å². The molecule has 112 valence electrons. The molecule has 0 aliphatic heterocycles. The molecule has 2 N–H and O–H groups in total. The Morgan fingerprint density at radius 2 is 1.86 bits per heavy atom. The van der Waals surface area contributed by atoms with Gasteiger partial charge in [-0.25, -0.2) is 0 Å². The summed E-state index contributed by atoms with van der Waals surface area (Å²) in [4.78, 5) is 4.53. The van der Waals surface area contributed by atoms with Crippen LogP contribution in [0.2, 0.25) is 0 Å². The monoisotopic (exact) mass is 289 g/mol. The number of nitrogens with zero attached hydrogens (tertiary/aromatic N) is 2. The summed E-state index contributed by atoms with van der Waals surface area (Å²) in [6.07, 6.45) is 3.17. The number of hydrogen-bond acceptors (Lipinski definition) is 6. The van der Waals surface area contributed by atoms with Crippen LogP contribution in [0.25, 0.3) is 11.4 Å². The van der Waals surface area contributed by atoms with Gasteiger partial charge in [0.25, 0.3) is 0 Å². The third-order valence-electron chi connectivity index (χ3n) is 4.19. The van der Waals surface area contributed by atoms with Crippen LogP contribution in [0, 0.1) is 0 Å². The van der Waals surface area contributed by atoms with Crippen LogP contribution in [0.4, 0.5) is 0 Å². The Morgan fingerprint density at radius 1 is 1.19 bits per heavy atom. The highest BCUT2D eigenvalue weighted by Crippen LogP contribution is 2.42. The van der Waals surface area contributed by atoms with Gasteiger partial charge in [0.15, 0.2) is 0 Å². The molecule has 1 aromatic carbocycles. The third kappa shape index (κ3) is 2.35. The number of methoxy groups -OCH3 is 2. The van der Waals surface area contributed by atoms with E-state index in [4.69, 9.17) is 19.7 Å². The lowest BCUT2D eigenvalue weighted by Gasteiger charge is -2.36. The van der Waals surface area contributed by atoms with Crippen LogP contribution >= 0.6 is 0 Å². The first-order valence-electron chi connectivity index (χ1n) is 6.98. The van der Waals surface area contributed by atoms with Crippen molar-refractivity contribution < 1.29 is 14.0 Å². The Bertz CT molecular complexity index is 607. The second-order valence-electron chi connectivity index (χ2n) is 5.36. The predicted octanol–water partition coefficient (Wildman–Crippen LogP) is 2.13. The summed E-state index contributed by atoms with van der Waals surface area (Å²) < 4.78 is 16.0. The van der Waals surface area contributed by atoms with Gasteiger partial charge in [0.2, 0.25) is 11.7 Å². The van der Waals surface area contributed by atoms with E-state index in [9.17, 15) is 0 Å². The molecular formula is C15H19N3O3. The zero-order chi connectivity index (χ0) is 14.9. The average molecular weight is 289 g/mol. The standard InChI is InChI=1S/C15H19N3O3/c1-19-11-6-10(7-12(8-11)20-2)13-17-14(21-18-13)15(9-16)4-3-5-15/h6-8H,3-5,9,16H2,1-2H3. The fourth-order valence-electron chi connectivity index (χ4n) is 2.60. The summed E-state index contributed by atoms with van der Waals surface area (Å²) in [6, 6.07) is 5.51. The van der Waals surface area contributed by atoms with Gasteiger partial charge in [-0.2, -0.15) is 4.98 Å². The minimum atomic E-state index is -0.131. The topological polar surface area (TPSA) is 83.4 Å². The van der Waals surface area contributed by atoms with E-state index in [1.807, 2.05) is 12.1 Å². The van der Waals surface area contributed by atoms with Crippen molar-refractivity contribution in [1.29, 1.82) is 0 Å². The molecule has 0 saturated heterocycles. The van der Waals surface area contributed by atoms with Crippen molar-refractivity contribution >= 4 is 0 Å². The van der Waals surface area contributed by atoms with Crippen LogP contribution in [0.1, 0.15) is 25.2 Å². The van der Waals surface area contributed by atoms with Crippen molar-refractivity contribution in [3.8, 4) is 22.9 Å². The molecule has 1 aromatic heterocycles. The van der Waals surface area contributed by atoms with Gasteiger partial charge in [-0.1, -0.05) is 11.6 Å². The van der Waals surface area contributed by atoms with Gasteiger partial charge in [-0.3, -0.25) is 0 Å². The van der Waals surface area contributed by atoms with E-state index in [0.29, 0.717) is 29.8 Å². The zero-order valence-electron chi connectivity index (χ0n) is 12.3. The molecule has 1 saturated carbocycles. The molecule has 0 amide bonds. The van der Waals surface area contributed by atoms with Crippen molar-refractivity contribution in [1.82, 2.24) is 10.1 Å². The molecule has 6 nitrogen and oxygen atoms in total. The smallest absolute Gasteiger partial charge is 0.234 e. The number of ether oxygens (including phenoxy) is 2. The molecule has 0 bridgehead atoms. The lowest BCUT2D eigenvalue weighted by Crippen LogP contribution is -2.41. The second-order valence-corrected chi connectivity index (χ2v) is 5.36. The quantitative estimate of drug-likeness (QED) is 0.908. The van der Waals surface area contributed by atoms with Gasteiger partial charge in [0.1, 0.15) is 11.5 Å². The van der Waals surface area contributed by atoms with Crippen LogP contribution in [0.15, 0.2) is 22.7 Å². The molecule has 1 aliphatic carbocycles. The molecule has 1 heterocycles. The highest BCUT2D eigenvalue weighted by molar-refractivity contribution is 5.60. The highest BCUT2D eigenvalue weighted by Gasteiger charge is 2.42. The largest absolute Gasteiger partial charge is 0.497 e. The molecule has 0 unspecified atom stereocenters. The van der Waals surface area contributed by atoms with Crippen molar-refractivity contribution in [3.63, 3.8) is 0 Å². The number of benzene rings is 1. The fraction of sp³-hybridized carbons (Fsp3) is 0.467. The molecule has 1 aliphatic rings. The van der Waals surface area contributed by atoms with E-state index < -0.39 is 0 Å². The normalized spacial score (nSPS) is 16.3. The van der Waals surface area contributed by atoms with Gasteiger partial charge >= 0.3 is 0 Å². The van der Waals surface area contributed by atoms with Gasteiger partial charge in [-0.05, 0) is 25.0 Å². The van der Waals surface area contributed by atoms with E-state index in [0.717, 1.165) is 24.8 Å². The van der Waals surface area contributed by atoms with Gasteiger partial charge in [-0.15, -0.1) is 0 Å². The maximum absolute atomic E-state index is 5.87. The number of nitrogens with two attached hydrogens (primary N) is 1. The Morgan fingerprint density at radius 3 is 2.33 bits per heavy atom. The Balaban J connectivity index is 1.96. The first-order valence-corrected chi connectivity index (χ1v) is 6.98. The Labute approximate surface area is 123 Å². The molecule has 0 atom stereocenters. The second kappa shape index (κ2) is 5.37. The van der Waals surface area contributed by atoms with Gasteiger partial charge in [0, 0.05) is 18.2 Å². The zero-order valence-corrected chi connectivity index (χ0v) is 12.3. The lowest BCUT2D eigenvalue weighted by atomic mass is 9.69. The molecule has 21 heavy (non-hydrogen) atoms. The number of rotatable bonds is 5. The Kier molecular flexibility index (Phi) is 3.55. The summed E-state index contributed by atoms with van der Waals surface area (Å²) >= 11 is 0. The van der Waals surface area contributed by atoms with E-state index in [1.165, 1.54) is 0 Å². The third-order valence-corrected chi connectivity index (χ3v) is 4.19. The minimum absolute atomic E-state index is 0.131. The maximum atomic E-state index is 5.87. The number of hydrogen-bond donors (Lipinski definition) is 1. The van der Waals surface area contributed by atoms with Gasteiger partial charge < -0.3 is 19.7 Å². The van der Waals surface area contributed by atoms with E-state index in [-0.39, 0.29) is 5.41 Å². The highest BCUT2D eigenvalue weighted by atomic mass is 16.5. The Hall–Kier alpha value is -2.08. The SMILES string of the molecule is COc1cc(OC)cc(-c2noc(C3(CN)CCC3)n2)c1. The molecule has 0 spiro atoms. The van der Waals surface area contributed by atoms with Crippen LogP contribution in [0.3, 0.4) is 0 Å². The predicted molar refractivity (Wildman–Crippen MR) is 77.4 cm³/mol. The molecule has 6 heteroatoms. The van der Waals surface area contributed by atoms with Crippen LogP contribution in [-0.2, 0) is 5.41 Å². The van der Waals surface area contributed by atoms with Crippen molar-refractivity contribution in [3.05, 3.63) is 24.1 Å². The minimum Gasteiger partial charge on any atom is -0.497 e. The summed E-state index contributed by atoms with van der Waals surface area (Å²) in [6.45, 7) is 0.538. The number of aromatic nitrogens is 2. The first-order chi connectivity index (χ1) is 10.2. The van der Waals surface area contributed by atoms with E-state index in [2.05, 4.69) is 10.1 Å². The van der Waals surface area contributed by atoms with Crippen LogP contribution in [0.5, 0.6) is 11.5 Å². The fourth-order valence-corrected chi connectivity index (χ4v) is 2.60. The first kappa shape index (κ1) is 13.9. The summed E-state index contributed by atoms with van der Waals surface area (Å²) in [7, 11) is 3.22. The molecule has 0 radical (unpaired) electrons. The van der Waals surface area contributed by atoms with Crippen molar-refractivity contribution in [2.45, 2.75) is 24.7 Å². The van der Waals surface area contributed by atoms with Crippen LogP contribution in [-0.4, -0.2) is 30.9 Å². The van der Waals surface area contributed by atoms with Crippen molar-refractivity contribution in [2.24, 2.45) is 5.73 Å². The molecule has 1 fully saturated rings. The summed E-state index contributed by atoms with van der Waals surface area (Å²) in [5, 5.41) is 4.08. The average Bonchev–Trinajstić information content (AvgIpc) is 2.96. The molecular weight excluding hydrogens is 270 g/mol. The summed E-state index contributed by atoms with van der Waals surface area (Å²) in [5.74, 6) is 2.54. The molecule has 3 rings (SSSR count). The van der Waals surface area contributed by atoms with E-state index >= 15 is 0 Å². The summed E-state index contributed by atoms with van der Waals surface area (Å²) in [5.41, 5.74) is 6.54. The van der Waals surface area contributed by atoms with E-state index in [1.54, 1.807) is 20.3 Å². The maximum Gasteiger partial charge on any atom is 0.234 e. The van der Waals surface area contributed by atoms with Crippen LogP contribution < -0.4 is 15.2 Å².